The largest absolute Gasteiger partial charge is 0.339 e. The van der Waals surface area contributed by atoms with Crippen LogP contribution in [0.3, 0.4) is 0 Å². The second-order valence-electron chi connectivity index (χ2n) is 6.33. The number of aryl methyl sites for hydroxylation is 1. The minimum Gasteiger partial charge on any atom is -0.339 e. The molecule has 2 fully saturated rings. The average molecular weight is 258 g/mol. The Bertz CT molecular complexity index is 464. The Kier molecular flexibility index (Phi) is 3.09. The van der Waals surface area contributed by atoms with Crippen molar-refractivity contribution in [3.63, 3.8) is 0 Å². The minimum absolute atomic E-state index is 0.179. The first kappa shape index (κ1) is 12.7. The lowest BCUT2D eigenvalue weighted by Gasteiger charge is -2.51. The number of hydrogen-bond acceptors (Lipinski definition) is 2. The monoisotopic (exact) mass is 258 g/mol. The summed E-state index contributed by atoms with van der Waals surface area (Å²) in [6.07, 6.45) is 4.55. The van der Waals surface area contributed by atoms with Gasteiger partial charge in [0.2, 0.25) is 0 Å². The molecule has 0 aromatic heterocycles. The Morgan fingerprint density at radius 2 is 1.79 bits per heavy atom. The smallest absolute Gasteiger partial charge is 0.253 e. The van der Waals surface area contributed by atoms with E-state index in [0.717, 1.165) is 44.3 Å². The van der Waals surface area contributed by atoms with Gasteiger partial charge < -0.3 is 10.6 Å². The van der Waals surface area contributed by atoms with Crippen molar-refractivity contribution in [3.8, 4) is 0 Å². The summed E-state index contributed by atoms with van der Waals surface area (Å²) in [5.41, 5.74) is 8.37. The van der Waals surface area contributed by atoms with Gasteiger partial charge in [0.05, 0.1) is 0 Å². The molecule has 102 valence electrons. The summed E-state index contributed by atoms with van der Waals surface area (Å²) in [5, 5.41) is 0. The van der Waals surface area contributed by atoms with E-state index in [4.69, 9.17) is 5.73 Å². The van der Waals surface area contributed by atoms with Gasteiger partial charge in [0.1, 0.15) is 0 Å². The molecule has 2 N–H and O–H groups in total. The standard InChI is InChI=1S/C16H22N2O/c1-12-2-4-13(5-3-12)15(19)18-8-6-16(7-9-18)10-14(17)11-16/h2-5,14H,6-11,17H2,1H3. The molecule has 0 radical (unpaired) electrons. The summed E-state index contributed by atoms with van der Waals surface area (Å²) >= 11 is 0. The average Bonchev–Trinajstić information content (AvgIpc) is 2.38. The maximum Gasteiger partial charge on any atom is 0.253 e. The zero-order valence-corrected chi connectivity index (χ0v) is 11.6. The van der Waals surface area contributed by atoms with E-state index in [9.17, 15) is 4.79 Å². The highest BCUT2D eigenvalue weighted by Gasteiger charge is 2.44. The Morgan fingerprint density at radius 1 is 1.21 bits per heavy atom. The molecule has 1 aromatic carbocycles. The van der Waals surface area contributed by atoms with E-state index in [1.807, 2.05) is 36.1 Å². The van der Waals surface area contributed by atoms with Crippen LogP contribution in [0.2, 0.25) is 0 Å². The summed E-state index contributed by atoms with van der Waals surface area (Å²) in [6, 6.07) is 8.27. The minimum atomic E-state index is 0.179. The van der Waals surface area contributed by atoms with Crippen LogP contribution in [0.1, 0.15) is 41.6 Å². The van der Waals surface area contributed by atoms with E-state index in [1.165, 1.54) is 5.56 Å². The van der Waals surface area contributed by atoms with Crippen LogP contribution in [0, 0.1) is 12.3 Å². The molecule has 3 rings (SSSR count). The van der Waals surface area contributed by atoms with Gasteiger partial charge in [0.15, 0.2) is 0 Å². The lowest BCUT2D eigenvalue weighted by Crippen LogP contribution is -2.53. The summed E-state index contributed by atoms with van der Waals surface area (Å²) < 4.78 is 0. The Hall–Kier alpha value is -1.35. The fourth-order valence-corrected chi connectivity index (χ4v) is 3.52. The van der Waals surface area contributed by atoms with Gasteiger partial charge in [0, 0.05) is 24.7 Å². The second kappa shape index (κ2) is 4.64. The van der Waals surface area contributed by atoms with Gasteiger partial charge in [-0.15, -0.1) is 0 Å². The second-order valence-corrected chi connectivity index (χ2v) is 6.33. The number of carbonyl (C=O) groups is 1. The molecule has 1 aliphatic carbocycles. The van der Waals surface area contributed by atoms with Crippen molar-refractivity contribution < 1.29 is 4.79 Å². The van der Waals surface area contributed by atoms with Crippen LogP contribution in [-0.4, -0.2) is 29.9 Å². The topological polar surface area (TPSA) is 46.3 Å². The number of piperidine rings is 1. The van der Waals surface area contributed by atoms with Crippen LogP contribution in [0.4, 0.5) is 0 Å². The van der Waals surface area contributed by atoms with Gasteiger partial charge in [-0.3, -0.25) is 4.79 Å². The van der Waals surface area contributed by atoms with E-state index in [-0.39, 0.29) is 5.91 Å². The van der Waals surface area contributed by atoms with Crippen molar-refractivity contribution in [2.75, 3.05) is 13.1 Å². The molecular weight excluding hydrogens is 236 g/mol. The third-order valence-electron chi connectivity index (χ3n) is 4.80. The highest BCUT2D eigenvalue weighted by Crippen LogP contribution is 2.48. The molecule has 1 amide bonds. The van der Waals surface area contributed by atoms with E-state index in [2.05, 4.69) is 0 Å². The van der Waals surface area contributed by atoms with Crippen molar-refractivity contribution in [1.29, 1.82) is 0 Å². The van der Waals surface area contributed by atoms with Crippen LogP contribution in [0.15, 0.2) is 24.3 Å². The van der Waals surface area contributed by atoms with Gasteiger partial charge in [-0.25, -0.2) is 0 Å². The van der Waals surface area contributed by atoms with Crippen LogP contribution in [-0.2, 0) is 0 Å². The van der Waals surface area contributed by atoms with Crippen molar-refractivity contribution in [2.45, 2.75) is 38.6 Å². The predicted molar refractivity (Wildman–Crippen MR) is 76.0 cm³/mol. The number of nitrogens with zero attached hydrogens (tertiary/aromatic N) is 1. The zero-order chi connectivity index (χ0) is 13.5. The van der Waals surface area contributed by atoms with Gasteiger partial charge in [0.25, 0.3) is 5.91 Å². The molecule has 0 bridgehead atoms. The highest BCUT2D eigenvalue weighted by atomic mass is 16.2. The summed E-state index contributed by atoms with van der Waals surface area (Å²) in [4.78, 5) is 14.4. The molecule has 1 saturated heterocycles. The van der Waals surface area contributed by atoms with Crippen LogP contribution in [0.25, 0.3) is 0 Å². The van der Waals surface area contributed by atoms with Crippen LogP contribution in [0.5, 0.6) is 0 Å². The number of carbonyl (C=O) groups excluding carboxylic acids is 1. The van der Waals surface area contributed by atoms with Crippen LogP contribution < -0.4 is 5.73 Å². The number of rotatable bonds is 1. The molecule has 2 aliphatic rings. The normalized spacial score (nSPS) is 22.3. The van der Waals surface area contributed by atoms with Crippen molar-refractivity contribution in [3.05, 3.63) is 35.4 Å². The number of benzene rings is 1. The van der Waals surface area contributed by atoms with E-state index < -0.39 is 0 Å². The molecular formula is C16H22N2O. The van der Waals surface area contributed by atoms with E-state index in [0.29, 0.717) is 11.5 Å². The fourth-order valence-electron chi connectivity index (χ4n) is 3.52. The quantitative estimate of drug-likeness (QED) is 0.840. The molecule has 1 aromatic rings. The Labute approximate surface area is 114 Å². The SMILES string of the molecule is Cc1ccc(C(=O)N2CCC3(CC2)CC(N)C3)cc1. The first-order valence-electron chi connectivity index (χ1n) is 7.20. The van der Waals surface area contributed by atoms with E-state index >= 15 is 0 Å². The van der Waals surface area contributed by atoms with Gasteiger partial charge >= 0.3 is 0 Å². The lowest BCUT2D eigenvalue weighted by molar-refractivity contribution is 0.0176. The lowest BCUT2D eigenvalue weighted by atomic mass is 9.61. The van der Waals surface area contributed by atoms with Gasteiger partial charge in [-0.2, -0.15) is 0 Å². The van der Waals surface area contributed by atoms with Crippen molar-refractivity contribution >= 4 is 5.91 Å². The molecule has 0 unspecified atom stereocenters. The fraction of sp³-hybridized carbons (Fsp3) is 0.562. The van der Waals surface area contributed by atoms with Gasteiger partial charge in [-0.05, 0) is 50.2 Å². The Balaban J connectivity index is 1.62. The molecule has 1 aliphatic heterocycles. The maximum atomic E-state index is 12.4. The Morgan fingerprint density at radius 3 is 2.32 bits per heavy atom. The third-order valence-corrected chi connectivity index (χ3v) is 4.80. The maximum absolute atomic E-state index is 12.4. The number of likely N-dealkylation sites (tertiary alicyclic amines) is 1. The molecule has 1 heterocycles. The molecule has 3 nitrogen and oxygen atoms in total. The summed E-state index contributed by atoms with van der Waals surface area (Å²) in [7, 11) is 0. The first-order valence-corrected chi connectivity index (χ1v) is 7.20. The molecule has 1 saturated carbocycles. The van der Waals surface area contributed by atoms with Crippen molar-refractivity contribution in [1.82, 2.24) is 4.90 Å². The van der Waals surface area contributed by atoms with Crippen molar-refractivity contribution in [2.24, 2.45) is 11.1 Å². The summed E-state index contributed by atoms with van der Waals surface area (Å²) in [6.45, 7) is 3.82. The number of nitrogens with two attached hydrogens (primary N) is 1. The number of amides is 1. The molecule has 1 spiro atoms. The van der Waals surface area contributed by atoms with E-state index in [1.54, 1.807) is 0 Å². The third kappa shape index (κ3) is 2.39. The number of hydrogen-bond donors (Lipinski definition) is 1. The predicted octanol–water partition coefficient (Wildman–Crippen LogP) is 2.34. The molecule has 19 heavy (non-hydrogen) atoms. The van der Waals surface area contributed by atoms with Gasteiger partial charge in [-0.1, -0.05) is 17.7 Å². The first-order chi connectivity index (χ1) is 9.08. The molecule has 3 heteroatoms. The van der Waals surface area contributed by atoms with Crippen LogP contribution >= 0.6 is 0 Å². The zero-order valence-electron chi connectivity index (χ0n) is 11.6. The summed E-state index contributed by atoms with van der Waals surface area (Å²) in [5.74, 6) is 0.179. The molecule has 0 atom stereocenters. The highest BCUT2D eigenvalue weighted by molar-refractivity contribution is 5.94.